The van der Waals surface area contributed by atoms with Crippen LogP contribution >= 0.6 is 0 Å². The molecule has 1 aromatic carbocycles. The van der Waals surface area contributed by atoms with Gasteiger partial charge in [-0.15, -0.1) is 0 Å². The summed E-state index contributed by atoms with van der Waals surface area (Å²) in [6.07, 6.45) is 1.17. The van der Waals surface area contributed by atoms with Gasteiger partial charge in [0.2, 0.25) is 11.8 Å². The molecular formula is C42H69N3O8. The molecule has 0 bridgehead atoms. The molecule has 11 heteroatoms. The van der Waals surface area contributed by atoms with Crippen LogP contribution < -0.4 is 0 Å². The number of likely N-dealkylation sites (N-methyl/N-ethyl adjacent to an activating group) is 2. The monoisotopic (exact) mass is 744 g/mol. The van der Waals surface area contributed by atoms with Crippen molar-refractivity contribution < 1.29 is 38.6 Å². The third-order valence-electron chi connectivity index (χ3n) is 11.5. The van der Waals surface area contributed by atoms with Crippen molar-refractivity contribution in [2.75, 3.05) is 41.9 Å². The van der Waals surface area contributed by atoms with Crippen LogP contribution in [0.15, 0.2) is 30.3 Å². The molecular weight excluding hydrogens is 674 g/mol. The van der Waals surface area contributed by atoms with E-state index >= 15 is 0 Å². The number of ketones is 2. The van der Waals surface area contributed by atoms with E-state index in [9.17, 15) is 29.1 Å². The number of hydrogen-bond acceptors (Lipinski definition) is 8. The first kappa shape index (κ1) is 46.0. The van der Waals surface area contributed by atoms with Crippen LogP contribution in [-0.4, -0.2) is 121 Å². The number of methoxy groups -OCH3 is 2. The van der Waals surface area contributed by atoms with Crippen molar-refractivity contribution in [1.82, 2.24) is 14.7 Å². The molecule has 0 spiro atoms. The van der Waals surface area contributed by atoms with Gasteiger partial charge in [-0.3, -0.25) is 28.9 Å². The van der Waals surface area contributed by atoms with Gasteiger partial charge >= 0.3 is 5.97 Å². The molecule has 1 aromatic rings. The van der Waals surface area contributed by atoms with Crippen LogP contribution in [0.3, 0.4) is 0 Å². The van der Waals surface area contributed by atoms with Gasteiger partial charge < -0.3 is 24.4 Å². The Bertz CT molecular complexity index is 1330. The van der Waals surface area contributed by atoms with Crippen LogP contribution in [0, 0.1) is 35.5 Å². The van der Waals surface area contributed by atoms with Crippen LogP contribution in [-0.2, 0) is 39.9 Å². The number of carboxylic acid groups (broad SMARTS) is 1. The molecule has 300 valence electrons. The lowest BCUT2D eigenvalue weighted by Gasteiger charge is -2.41. The van der Waals surface area contributed by atoms with E-state index in [0.717, 1.165) is 18.4 Å². The van der Waals surface area contributed by atoms with Crippen molar-refractivity contribution in [1.29, 1.82) is 0 Å². The van der Waals surface area contributed by atoms with Gasteiger partial charge in [0.15, 0.2) is 5.78 Å². The maximum atomic E-state index is 14.3. The lowest BCUT2D eigenvalue weighted by molar-refractivity contribution is -0.149. The van der Waals surface area contributed by atoms with Gasteiger partial charge in [-0.2, -0.15) is 0 Å². The first-order chi connectivity index (χ1) is 24.9. The Morgan fingerprint density at radius 2 is 1.49 bits per heavy atom. The maximum absolute atomic E-state index is 14.3. The molecule has 1 heterocycles. The summed E-state index contributed by atoms with van der Waals surface area (Å²) in [7, 11) is 8.63. The third-order valence-corrected chi connectivity index (χ3v) is 11.5. The Balaban J connectivity index is 2.27. The van der Waals surface area contributed by atoms with Gasteiger partial charge in [0.1, 0.15) is 5.78 Å². The number of hydrogen-bond donors (Lipinski definition) is 1. The van der Waals surface area contributed by atoms with Gasteiger partial charge in [0, 0.05) is 52.5 Å². The van der Waals surface area contributed by atoms with E-state index in [1.807, 2.05) is 83.9 Å². The molecule has 1 aliphatic rings. The Morgan fingerprint density at radius 3 is 1.98 bits per heavy atom. The van der Waals surface area contributed by atoms with Crippen molar-refractivity contribution in [3.8, 4) is 0 Å². The van der Waals surface area contributed by atoms with Crippen molar-refractivity contribution in [2.45, 2.75) is 124 Å². The van der Waals surface area contributed by atoms with Gasteiger partial charge in [0.05, 0.1) is 42.7 Å². The van der Waals surface area contributed by atoms with E-state index in [1.165, 1.54) is 7.11 Å². The molecule has 1 N–H and O–H groups in total. The quantitative estimate of drug-likeness (QED) is 0.152. The van der Waals surface area contributed by atoms with E-state index < -0.39 is 42.0 Å². The lowest BCUT2D eigenvalue weighted by Crippen LogP contribution is -2.54. The molecule has 1 fully saturated rings. The molecule has 11 nitrogen and oxygen atoms in total. The van der Waals surface area contributed by atoms with Gasteiger partial charge in [-0.05, 0) is 56.7 Å². The highest BCUT2D eigenvalue weighted by Crippen LogP contribution is 2.32. The highest BCUT2D eigenvalue weighted by Gasteiger charge is 2.43. The van der Waals surface area contributed by atoms with E-state index in [0.29, 0.717) is 13.0 Å². The lowest BCUT2D eigenvalue weighted by atomic mass is 9.83. The molecule has 0 aromatic heterocycles. The summed E-state index contributed by atoms with van der Waals surface area (Å²) in [6, 6.07) is 8.18. The van der Waals surface area contributed by atoms with Crippen LogP contribution in [0.1, 0.15) is 92.6 Å². The predicted molar refractivity (Wildman–Crippen MR) is 207 cm³/mol. The zero-order valence-electron chi connectivity index (χ0n) is 34.5. The number of benzene rings is 1. The van der Waals surface area contributed by atoms with Crippen molar-refractivity contribution in [3.05, 3.63) is 35.9 Å². The van der Waals surface area contributed by atoms with Crippen LogP contribution in [0.4, 0.5) is 0 Å². The SMILES string of the molecule is CC[C@H](C)[C@@H]([C@@H](CC(=O)N1CCC[C@H]1[C@H](OC)[C@@H](C)C(=O)C[C@@H](Cc1ccccc1)C(=O)O)OC)N(C)C(=O)C(CC(=O)[C@H](C(C)C)N(C)C)C(C)C. The van der Waals surface area contributed by atoms with Crippen LogP contribution in [0.25, 0.3) is 0 Å². The fourth-order valence-electron chi connectivity index (χ4n) is 8.38. The second-order valence-corrected chi connectivity index (χ2v) is 16.2. The molecule has 2 amide bonds. The Hall–Kier alpha value is -3.15. The smallest absolute Gasteiger partial charge is 0.307 e. The van der Waals surface area contributed by atoms with Gasteiger partial charge in [0.25, 0.3) is 0 Å². The molecule has 2 rings (SSSR count). The summed E-state index contributed by atoms with van der Waals surface area (Å²) in [4.78, 5) is 73.1. The molecule has 53 heavy (non-hydrogen) atoms. The van der Waals surface area contributed by atoms with Crippen molar-refractivity contribution in [2.24, 2.45) is 35.5 Å². The van der Waals surface area contributed by atoms with E-state index in [1.54, 1.807) is 30.9 Å². The summed E-state index contributed by atoms with van der Waals surface area (Å²) >= 11 is 0. The zero-order chi connectivity index (χ0) is 40.2. The maximum Gasteiger partial charge on any atom is 0.307 e. The standard InChI is InChI=1S/C42H69N3O8/c1-13-28(6)39(44(10)41(49)32(26(2)3)24-35(47)38(27(4)5)43(8)9)36(52-11)25-37(48)45-21-17-20-33(45)40(53-12)29(7)34(46)23-31(42(50)51)22-30-18-15-14-16-19-30/h14-16,18-19,26-29,31-33,36,38-40H,13,17,20-25H2,1-12H3,(H,50,51)/t28-,29-,31+,32?,33-,36+,38-,39-,40+/m0/s1. The minimum absolute atomic E-state index is 0.00721. The fourth-order valence-corrected chi connectivity index (χ4v) is 8.38. The molecule has 1 unspecified atom stereocenters. The minimum Gasteiger partial charge on any atom is -0.481 e. The number of carbonyl (C=O) groups excluding carboxylic acids is 4. The minimum atomic E-state index is -1.02. The fraction of sp³-hybridized carbons (Fsp3) is 0.738. The number of ether oxygens (including phenoxy) is 2. The third kappa shape index (κ3) is 12.4. The van der Waals surface area contributed by atoms with Crippen LogP contribution in [0.5, 0.6) is 0 Å². The second kappa shape index (κ2) is 21.7. The molecule has 9 atom stereocenters. The Morgan fingerprint density at radius 1 is 0.868 bits per heavy atom. The summed E-state index contributed by atoms with van der Waals surface area (Å²) in [5.41, 5.74) is 0.851. The number of Topliss-reactive ketones (excluding diaryl/α,β-unsaturated/α-hetero) is 2. The summed E-state index contributed by atoms with van der Waals surface area (Å²) in [5, 5.41) is 9.94. The molecule has 0 saturated carbocycles. The number of amides is 2. The first-order valence-electron chi connectivity index (χ1n) is 19.5. The molecule has 0 radical (unpaired) electrons. The first-order valence-corrected chi connectivity index (χ1v) is 19.5. The van der Waals surface area contributed by atoms with Gasteiger partial charge in [-0.25, -0.2) is 0 Å². The van der Waals surface area contributed by atoms with E-state index in [-0.39, 0.29) is 78.9 Å². The normalized spacial score (nSPS) is 19.4. The molecule has 1 aliphatic heterocycles. The second-order valence-electron chi connectivity index (χ2n) is 16.2. The number of carbonyl (C=O) groups is 5. The van der Waals surface area contributed by atoms with Crippen molar-refractivity contribution in [3.63, 3.8) is 0 Å². The number of likely N-dealkylation sites (tertiary alicyclic amines) is 1. The number of nitrogens with zero attached hydrogens (tertiary/aromatic N) is 3. The topological polar surface area (TPSA) is 134 Å². The van der Waals surface area contributed by atoms with E-state index in [4.69, 9.17) is 9.47 Å². The molecule has 0 aliphatic carbocycles. The summed E-state index contributed by atoms with van der Waals surface area (Å²) in [6.45, 7) is 14.3. The Labute approximate surface area is 319 Å². The predicted octanol–water partition coefficient (Wildman–Crippen LogP) is 5.63. The summed E-state index contributed by atoms with van der Waals surface area (Å²) < 4.78 is 11.9. The average molecular weight is 744 g/mol. The number of rotatable bonds is 23. The van der Waals surface area contributed by atoms with Crippen molar-refractivity contribution >= 4 is 29.4 Å². The number of carboxylic acids is 1. The number of aliphatic carboxylic acids is 1. The molecule has 1 saturated heterocycles. The van der Waals surface area contributed by atoms with Gasteiger partial charge in [-0.1, -0.05) is 85.2 Å². The largest absolute Gasteiger partial charge is 0.481 e. The van der Waals surface area contributed by atoms with E-state index in [2.05, 4.69) is 6.92 Å². The Kier molecular flexibility index (Phi) is 18.8. The summed E-state index contributed by atoms with van der Waals surface area (Å²) in [5.74, 6) is -3.49. The average Bonchev–Trinajstić information content (AvgIpc) is 3.59. The zero-order valence-corrected chi connectivity index (χ0v) is 34.5. The van der Waals surface area contributed by atoms with Crippen LogP contribution in [0.2, 0.25) is 0 Å². The highest BCUT2D eigenvalue weighted by molar-refractivity contribution is 5.90. The highest BCUT2D eigenvalue weighted by atomic mass is 16.5.